The molecule has 1 aromatic rings. The zero-order valence-corrected chi connectivity index (χ0v) is 10.3. The van der Waals surface area contributed by atoms with Gasteiger partial charge in [0.15, 0.2) is 0 Å². The van der Waals surface area contributed by atoms with Crippen LogP contribution >= 0.6 is 0 Å². The van der Waals surface area contributed by atoms with Gasteiger partial charge in [-0.05, 0) is 37.3 Å². The van der Waals surface area contributed by atoms with Gasteiger partial charge in [0.05, 0.1) is 13.5 Å². The Hall–Kier alpha value is -1.51. The first-order valence-corrected chi connectivity index (χ1v) is 5.98. The molecule has 0 radical (unpaired) electrons. The van der Waals surface area contributed by atoms with Crippen LogP contribution in [0.2, 0.25) is 0 Å². The van der Waals surface area contributed by atoms with Crippen molar-refractivity contribution in [2.75, 3.05) is 7.11 Å². The predicted molar refractivity (Wildman–Crippen MR) is 65.4 cm³/mol. The topological polar surface area (TPSA) is 46.5 Å². The molecule has 1 unspecified atom stereocenters. The Kier molecular flexibility index (Phi) is 3.36. The second-order valence-electron chi connectivity index (χ2n) is 4.73. The smallest absolute Gasteiger partial charge is 0.303 e. The van der Waals surface area contributed by atoms with E-state index in [9.17, 15) is 4.79 Å². The second-order valence-corrected chi connectivity index (χ2v) is 4.73. The summed E-state index contributed by atoms with van der Waals surface area (Å²) in [5.74, 6) is 0.708. The van der Waals surface area contributed by atoms with Crippen molar-refractivity contribution in [2.24, 2.45) is 5.92 Å². The first-order chi connectivity index (χ1) is 8.13. The van der Waals surface area contributed by atoms with E-state index in [0.29, 0.717) is 5.92 Å². The standard InChI is InChI=1S/C14H18O3/c1-9-4-3-5-12(17-2)14(9)11(8-13(15)16)10-6-7-10/h3-5,10-11H,6-8H2,1-2H3,(H,15,16). The van der Waals surface area contributed by atoms with E-state index in [1.54, 1.807) is 7.11 Å². The van der Waals surface area contributed by atoms with Gasteiger partial charge in [-0.25, -0.2) is 0 Å². The molecule has 3 nitrogen and oxygen atoms in total. The van der Waals surface area contributed by atoms with Crippen molar-refractivity contribution in [3.63, 3.8) is 0 Å². The van der Waals surface area contributed by atoms with Crippen LogP contribution in [0.3, 0.4) is 0 Å². The molecule has 0 aromatic heterocycles. The van der Waals surface area contributed by atoms with Crippen LogP contribution in [0.4, 0.5) is 0 Å². The van der Waals surface area contributed by atoms with E-state index in [1.165, 1.54) is 0 Å². The van der Waals surface area contributed by atoms with E-state index < -0.39 is 5.97 Å². The highest BCUT2D eigenvalue weighted by molar-refractivity contribution is 5.68. The summed E-state index contributed by atoms with van der Waals surface area (Å²) in [7, 11) is 1.64. The molecule has 0 heterocycles. The maximum absolute atomic E-state index is 11.0. The van der Waals surface area contributed by atoms with Gasteiger partial charge < -0.3 is 9.84 Å². The molecule has 1 aliphatic carbocycles. The molecule has 92 valence electrons. The lowest BCUT2D eigenvalue weighted by Crippen LogP contribution is -2.11. The Balaban J connectivity index is 2.37. The number of aryl methyl sites for hydroxylation is 1. The molecule has 2 rings (SSSR count). The van der Waals surface area contributed by atoms with Gasteiger partial charge in [0, 0.05) is 11.5 Å². The zero-order valence-electron chi connectivity index (χ0n) is 10.3. The van der Waals surface area contributed by atoms with Gasteiger partial charge in [0.2, 0.25) is 0 Å². The fourth-order valence-corrected chi connectivity index (χ4v) is 2.50. The van der Waals surface area contributed by atoms with Crippen molar-refractivity contribution < 1.29 is 14.6 Å². The van der Waals surface area contributed by atoms with E-state index in [2.05, 4.69) is 0 Å². The Morgan fingerprint density at radius 1 is 1.53 bits per heavy atom. The molecular weight excluding hydrogens is 216 g/mol. The maximum atomic E-state index is 11.0. The van der Waals surface area contributed by atoms with Crippen LogP contribution in [-0.4, -0.2) is 18.2 Å². The average molecular weight is 234 g/mol. The van der Waals surface area contributed by atoms with E-state index in [1.807, 2.05) is 25.1 Å². The molecular formula is C14H18O3. The third kappa shape index (κ3) is 2.60. The van der Waals surface area contributed by atoms with Crippen LogP contribution in [0.15, 0.2) is 18.2 Å². The Labute approximate surface area is 101 Å². The van der Waals surface area contributed by atoms with E-state index in [-0.39, 0.29) is 12.3 Å². The minimum Gasteiger partial charge on any atom is -0.496 e. The van der Waals surface area contributed by atoms with Gasteiger partial charge >= 0.3 is 5.97 Å². The Morgan fingerprint density at radius 3 is 2.76 bits per heavy atom. The number of carbonyl (C=O) groups is 1. The molecule has 1 aliphatic rings. The lowest BCUT2D eigenvalue weighted by Gasteiger charge is -2.20. The van der Waals surface area contributed by atoms with Gasteiger partial charge in [0.25, 0.3) is 0 Å². The summed E-state index contributed by atoms with van der Waals surface area (Å²) in [4.78, 5) is 11.0. The maximum Gasteiger partial charge on any atom is 0.303 e. The largest absolute Gasteiger partial charge is 0.496 e. The summed E-state index contributed by atoms with van der Waals surface area (Å²) in [6.45, 7) is 2.02. The van der Waals surface area contributed by atoms with Crippen LogP contribution in [0.25, 0.3) is 0 Å². The van der Waals surface area contributed by atoms with Crippen molar-refractivity contribution in [3.05, 3.63) is 29.3 Å². The molecule has 0 aliphatic heterocycles. The molecule has 0 spiro atoms. The van der Waals surface area contributed by atoms with E-state index in [0.717, 1.165) is 29.7 Å². The highest BCUT2D eigenvalue weighted by Gasteiger charge is 2.36. The summed E-state index contributed by atoms with van der Waals surface area (Å²) in [5, 5.41) is 9.04. The fourth-order valence-electron chi connectivity index (χ4n) is 2.50. The number of hydrogen-bond donors (Lipinski definition) is 1. The molecule has 1 saturated carbocycles. The third-order valence-corrected chi connectivity index (χ3v) is 3.46. The number of carboxylic acid groups (broad SMARTS) is 1. The van der Waals surface area contributed by atoms with Crippen LogP contribution in [0.5, 0.6) is 5.75 Å². The number of benzene rings is 1. The van der Waals surface area contributed by atoms with Gasteiger partial charge in [0.1, 0.15) is 5.75 Å². The normalized spacial score (nSPS) is 16.6. The summed E-state index contributed by atoms with van der Waals surface area (Å²) < 4.78 is 5.37. The number of ether oxygens (including phenoxy) is 1. The summed E-state index contributed by atoms with van der Waals surface area (Å²) in [6.07, 6.45) is 2.47. The molecule has 3 heteroatoms. The van der Waals surface area contributed by atoms with Crippen molar-refractivity contribution >= 4 is 5.97 Å². The number of hydrogen-bond acceptors (Lipinski definition) is 2. The van der Waals surface area contributed by atoms with E-state index >= 15 is 0 Å². The fraction of sp³-hybridized carbons (Fsp3) is 0.500. The molecule has 1 N–H and O–H groups in total. The molecule has 1 atom stereocenters. The second kappa shape index (κ2) is 4.78. The van der Waals surface area contributed by atoms with Crippen molar-refractivity contribution in [1.29, 1.82) is 0 Å². The van der Waals surface area contributed by atoms with Crippen LogP contribution in [0, 0.1) is 12.8 Å². The quantitative estimate of drug-likeness (QED) is 0.852. The predicted octanol–water partition coefficient (Wildman–Crippen LogP) is 2.97. The minimum atomic E-state index is -0.729. The van der Waals surface area contributed by atoms with Gasteiger partial charge in [-0.1, -0.05) is 12.1 Å². The number of carboxylic acids is 1. The molecule has 0 saturated heterocycles. The van der Waals surface area contributed by atoms with Gasteiger partial charge in [-0.3, -0.25) is 4.79 Å². The average Bonchev–Trinajstić information content (AvgIpc) is 3.09. The van der Waals surface area contributed by atoms with Crippen LogP contribution in [-0.2, 0) is 4.79 Å². The molecule has 17 heavy (non-hydrogen) atoms. The Bertz CT molecular complexity index is 421. The third-order valence-electron chi connectivity index (χ3n) is 3.46. The van der Waals surface area contributed by atoms with Crippen molar-refractivity contribution in [1.82, 2.24) is 0 Å². The van der Waals surface area contributed by atoms with Crippen LogP contribution < -0.4 is 4.74 Å². The lowest BCUT2D eigenvalue weighted by molar-refractivity contribution is -0.137. The summed E-state index contributed by atoms with van der Waals surface area (Å²) in [6, 6.07) is 5.89. The molecule has 0 amide bonds. The van der Waals surface area contributed by atoms with E-state index in [4.69, 9.17) is 9.84 Å². The highest BCUT2D eigenvalue weighted by atomic mass is 16.5. The number of methoxy groups -OCH3 is 1. The first kappa shape index (κ1) is 12.0. The SMILES string of the molecule is COc1cccc(C)c1C(CC(=O)O)C1CC1. The van der Waals surface area contributed by atoms with Crippen LogP contribution in [0.1, 0.15) is 36.3 Å². The molecule has 1 fully saturated rings. The van der Waals surface area contributed by atoms with Crippen molar-refractivity contribution in [3.8, 4) is 5.75 Å². The highest BCUT2D eigenvalue weighted by Crippen LogP contribution is 2.47. The number of aliphatic carboxylic acids is 1. The molecule has 0 bridgehead atoms. The van der Waals surface area contributed by atoms with Crippen molar-refractivity contribution in [2.45, 2.75) is 32.1 Å². The van der Waals surface area contributed by atoms with Gasteiger partial charge in [-0.2, -0.15) is 0 Å². The monoisotopic (exact) mass is 234 g/mol. The summed E-state index contributed by atoms with van der Waals surface area (Å²) >= 11 is 0. The first-order valence-electron chi connectivity index (χ1n) is 5.98. The van der Waals surface area contributed by atoms with Gasteiger partial charge in [-0.15, -0.1) is 0 Å². The molecule has 1 aromatic carbocycles. The lowest BCUT2D eigenvalue weighted by atomic mass is 9.87. The number of rotatable bonds is 5. The summed E-state index contributed by atoms with van der Waals surface area (Å²) in [5.41, 5.74) is 2.21. The zero-order chi connectivity index (χ0) is 12.4. The minimum absolute atomic E-state index is 0.101. The Morgan fingerprint density at radius 2 is 2.24 bits per heavy atom.